The summed E-state index contributed by atoms with van der Waals surface area (Å²) in [5.41, 5.74) is -0.620. The molecule has 2 fully saturated rings. The summed E-state index contributed by atoms with van der Waals surface area (Å²) in [7, 11) is 0. The fraction of sp³-hybridized carbons (Fsp3) is 0.524. The second-order valence-corrected chi connectivity index (χ2v) is 8.83. The normalized spacial score (nSPS) is 18.6. The first-order valence-corrected chi connectivity index (χ1v) is 10.8. The van der Waals surface area contributed by atoms with Gasteiger partial charge in [-0.05, 0) is 30.7 Å². The Bertz CT molecular complexity index is 1190. The summed E-state index contributed by atoms with van der Waals surface area (Å²) in [5.74, 6) is -0.213. The average Bonchev–Trinajstić information content (AvgIpc) is 3.38. The molecule has 2 aliphatic rings. The minimum atomic E-state index is -4.64. The van der Waals surface area contributed by atoms with E-state index in [-0.39, 0.29) is 11.1 Å². The minimum absolute atomic E-state index is 0.0785. The van der Waals surface area contributed by atoms with Crippen LogP contribution < -0.4 is 9.80 Å². The van der Waals surface area contributed by atoms with Crippen LogP contribution in [0.15, 0.2) is 24.7 Å². The highest BCUT2D eigenvalue weighted by Gasteiger charge is 2.42. The number of alkyl halides is 5. The maximum atomic E-state index is 14.3. The van der Waals surface area contributed by atoms with Gasteiger partial charge >= 0.3 is 6.18 Å². The standard InChI is InChI=1S/C21H21F6N7/c22-13-8-29-16(21(25,26)27)7-15(13)33-6-3-20(12-33)1-4-32(5-2-20)18-10-28-14-9-30-34(11-17(23)24)19(14)31-18/h7-10,17H,1-6,11-12H2. The summed E-state index contributed by atoms with van der Waals surface area (Å²) >= 11 is 0. The van der Waals surface area contributed by atoms with E-state index < -0.39 is 30.7 Å². The lowest BCUT2D eigenvalue weighted by molar-refractivity contribution is -0.141. The van der Waals surface area contributed by atoms with Crippen LogP contribution in [0.25, 0.3) is 11.2 Å². The molecule has 182 valence electrons. The van der Waals surface area contributed by atoms with Crippen molar-refractivity contribution >= 4 is 22.7 Å². The Morgan fingerprint density at radius 1 is 0.971 bits per heavy atom. The number of pyridine rings is 1. The molecule has 13 heteroatoms. The van der Waals surface area contributed by atoms with Gasteiger partial charge in [-0.25, -0.2) is 32.8 Å². The fourth-order valence-corrected chi connectivity index (χ4v) is 4.84. The van der Waals surface area contributed by atoms with Crippen LogP contribution in [0, 0.1) is 11.2 Å². The molecule has 0 N–H and O–H groups in total. The lowest BCUT2D eigenvalue weighted by Gasteiger charge is -2.39. The molecule has 2 saturated heterocycles. The van der Waals surface area contributed by atoms with Crippen LogP contribution in [0.5, 0.6) is 0 Å². The van der Waals surface area contributed by atoms with Crippen molar-refractivity contribution in [1.82, 2.24) is 24.7 Å². The second kappa shape index (κ2) is 8.27. The maximum absolute atomic E-state index is 14.3. The van der Waals surface area contributed by atoms with Crippen LogP contribution in [0.2, 0.25) is 0 Å². The Morgan fingerprint density at radius 2 is 1.68 bits per heavy atom. The minimum Gasteiger partial charge on any atom is -0.368 e. The molecule has 0 atom stereocenters. The zero-order valence-corrected chi connectivity index (χ0v) is 17.9. The van der Waals surface area contributed by atoms with E-state index >= 15 is 0 Å². The van der Waals surface area contributed by atoms with E-state index in [1.165, 1.54) is 6.20 Å². The van der Waals surface area contributed by atoms with E-state index in [9.17, 15) is 26.3 Å². The monoisotopic (exact) mass is 485 g/mol. The molecule has 3 aromatic heterocycles. The molecule has 34 heavy (non-hydrogen) atoms. The summed E-state index contributed by atoms with van der Waals surface area (Å²) in [5, 5.41) is 3.93. The van der Waals surface area contributed by atoms with E-state index in [0.717, 1.165) is 30.0 Å². The zero-order chi connectivity index (χ0) is 24.1. The van der Waals surface area contributed by atoms with E-state index in [1.54, 1.807) is 11.1 Å². The van der Waals surface area contributed by atoms with Crippen molar-refractivity contribution in [2.24, 2.45) is 5.41 Å². The fourth-order valence-electron chi connectivity index (χ4n) is 4.84. The molecule has 5 rings (SSSR count). The zero-order valence-electron chi connectivity index (χ0n) is 17.9. The molecule has 0 aromatic carbocycles. The van der Waals surface area contributed by atoms with Gasteiger partial charge in [0, 0.05) is 26.2 Å². The van der Waals surface area contributed by atoms with Gasteiger partial charge in [-0.1, -0.05) is 0 Å². The Morgan fingerprint density at radius 3 is 2.35 bits per heavy atom. The third-order valence-corrected chi connectivity index (χ3v) is 6.70. The first-order chi connectivity index (χ1) is 16.1. The summed E-state index contributed by atoms with van der Waals surface area (Å²) in [6.07, 6.45) is -1.40. The van der Waals surface area contributed by atoms with Gasteiger partial charge in [-0.3, -0.25) is 0 Å². The van der Waals surface area contributed by atoms with Crippen molar-refractivity contribution in [1.29, 1.82) is 0 Å². The van der Waals surface area contributed by atoms with Gasteiger partial charge in [-0.2, -0.15) is 18.3 Å². The Kier molecular flexibility index (Phi) is 5.52. The van der Waals surface area contributed by atoms with Crippen molar-refractivity contribution in [3.05, 3.63) is 36.2 Å². The summed E-state index contributed by atoms with van der Waals surface area (Å²) in [6, 6.07) is 0.775. The number of hydrogen-bond donors (Lipinski definition) is 0. The first-order valence-electron chi connectivity index (χ1n) is 10.8. The molecule has 0 saturated carbocycles. The molecule has 2 aliphatic heterocycles. The van der Waals surface area contributed by atoms with Gasteiger partial charge in [0.1, 0.15) is 23.6 Å². The van der Waals surface area contributed by atoms with Crippen LogP contribution in [-0.2, 0) is 12.7 Å². The van der Waals surface area contributed by atoms with E-state index in [1.807, 2.05) is 4.90 Å². The number of rotatable bonds is 4. The predicted molar refractivity (Wildman–Crippen MR) is 111 cm³/mol. The lowest BCUT2D eigenvalue weighted by Crippen LogP contribution is -2.42. The summed E-state index contributed by atoms with van der Waals surface area (Å²) < 4.78 is 80.2. The van der Waals surface area contributed by atoms with Gasteiger partial charge in [-0.15, -0.1) is 0 Å². The quantitative estimate of drug-likeness (QED) is 0.518. The van der Waals surface area contributed by atoms with Crippen molar-refractivity contribution in [3.8, 4) is 0 Å². The van der Waals surface area contributed by atoms with E-state index in [0.29, 0.717) is 49.4 Å². The van der Waals surface area contributed by atoms with Gasteiger partial charge in [0.15, 0.2) is 11.5 Å². The average molecular weight is 485 g/mol. The topological polar surface area (TPSA) is 63.0 Å². The van der Waals surface area contributed by atoms with Crippen molar-refractivity contribution in [2.45, 2.75) is 38.4 Å². The van der Waals surface area contributed by atoms with Crippen LogP contribution in [0.4, 0.5) is 37.8 Å². The van der Waals surface area contributed by atoms with Crippen molar-refractivity contribution < 1.29 is 26.3 Å². The number of halogens is 6. The van der Waals surface area contributed by atoms with Crippen LogP contribution in [0.3, 0.4) is 0 Å². The molecule has 5 heterocycles. The molecular formula is C21H21F6N7. The molecule has 0 unspecified atom stereocenters. The number of anilines is 2. The van der Waals surface area contributed by atoms with E-state index in [2.05, 4.69) is 20.1 Å². The maximum Gasteiger partial charge on any atom is 0.433 e. The highest BCUT2D eigenvalue weighted by molar-refractivity contribution is 5.71. The Hall–Kier alpha value is -3.12. The van der Waals surface area contributed by atoms with Gasteiger partial charge < -0.3 is 9.80 Å². The van der Waals surface area contributed by atoms with Crippen LogP contribution in [-0.4, -0.2) is 57.3 Å². The van der Waals surface area contributed by atoms with Crippen LogP contribution >= 0.6 is 0 Å². The highest BCUT2D eigenvalue weighted by atomic mass is 19.4. The molecule has 0 bridgehead atoms. The van der Waals surface area contributed by atoms with Crippen molar-refractivity contribution in [2.75, 3.05) is 36.0 Å². The molecule has 3 aromatic rings. The molecule has 7 nitrogen and oxygen atoms in total. The van der Waals surface area contributed by atoms with Crippen LogP contribution in [0.1, 0.15) is 25.0 Å². The number of nitrogens with zero attached hydrogens (tertiary/aromatic N) is 7. The Labute approximate surface area is 190 Å². The number of fused-ring (bicyclic) bond motifs is 1. The summed E-state index contributed by atoms with van der Waals surface area (Å²) in [6.45, 7) is 1.57. The molecule has 0 radical (unpaired) electrons. The van der Waals surface area contributed by atoms with Gasteiger partial charge in [0.25, 0.3) is 6.43 Å². The summed E-state index contributed by atoms with van der Waals surface area (Å²) in [4.78, 5) is 15.6. The lowest BCUT2D eigenvalue weighted by atomic mass is 9.78. The largest absolute Gasteiger partial charge is 0.433 e. The van der Waals surface area contributed by atoms with Gasteiger partial charge in [0.05, 0.1) is 24.3 Å². The Balaban J connectivity index is 1.29. The third kappa shape index (κ3) is 4.23. The number of piperidine rings is 1. The molecule has 0 aliphatic carbocycles. The molecular weight excluding hydrogens is 464 g/mol. The predicted octanol–water partition coefficient (Wildman–Crippen LogP) is 4.14. The molecule has 1 spiro atoms. The first kappa shape index (κ1) is 22.7. The number of aromatic nitrogens is 5. The van der Waals surface area contributed by atoms with Gasteiger partial charge in [0.2, 0.25) is 0 Å². The third-order valence-electron chi connectivity index (χ3n) is 6.70. The highest BCUT2D eigenvalue weighted by Crippen LogP contribution is 2.43. The SMILES string of the molecule is Fc1cnc(C(F)(F)F)cc1N1CCC2(CCN(c3cnc4cnn(CC(F)F)c4n3)CC2)C1. The number of hydrogen-bond acceptors (Lipinski definition) is 6. The second-order valence-electron chi connectivity index (χ2n) is 8.83. The smallest absolute Gasteiger partial charge is 0.368 e. The molecule has 0 amide bonds. The van der Waals surface area contributed by atoms with E-state index in [4.69, 9.17) is 0 Å². The van der Waals surface area contributed by atoms with Crippen molar-refractivity contribution in [3.63, 3.8) is 0 Å².